The van der Waals surface area contributed by atoms with Gasteiger partial charge in [0.25, 0.3) is 0 Å². The van der Waals surface area contributed by atoms with Crippen molar-refractivity contribution in [2.24, 2.45) is 0 Å². The van der Waals surface area contributed by atoms with E-state index in [-0.39, 0.29) is 18.6 Å². The number of hydrogen-bond donors (Lipinski definition) is 2. The van der Waals surface area contributed by atoms with Crippen LogP contribution >= 0.6 is 11.3 Å². The number of aliphatic hydroxyl groups is 1. The molecule has 3 nitrogen and oxygen atoms in total. The second-order valence-electron chi connectivity index (χ2n) is 3.62. The van der Waals surface area contributed by atoms with E-state index in [4.69, 9.17) is 5.11 Å². The van der Waals surface area contributed by atoms with Gasteiger partial charge in [-0.25, -0.2) is 0 Å². The van der Waals surface area contributed by atoms with Gasteiger partial charge in [0.1, 0.15) is 0 Å². The molecule has 88 valence electrons. The van der Waals surface area contributed by atoms with E-state index < -0.39 is 0 Å². The van der Waals surface area contributed by atoms with Crippen molar-refractivity contribution in [1.29, 1.82) is 0 Å². The van der Waals surface area contributed by atoms with Crippen LogP contribution in [-0.2, 0) is 4.79 Å². The normalized spacial score (nSPS) is 12.9. The molecular weight excluding hydrogens is 222 g/mol. The molecule has 1 unspecified atom stereocenters. The Kier molecular flexibility index (Phi) is 5.82. The Morgan fingerprint density at radius 3 is 3.12 bits per heavy atom. The fourth-order valence-corrected chi connectivity index (χ4v) is 1.92. The number of nitrogens with one attached hydrogen (secondary N) is 1. The third kappa shape index (κ3) is 5.09. The molecule has 0 aliphatic heterocycles. The first-order valence-corrected chi connectivity index (χ1v) is 6.23. The van der Waals surface area contributed by atoms with Crippen LogP contribution in [0.5, 0.6) is 0 Å². The van der Waals surface area contributed by atoms with Crippen LogP contribution in [-0.4, -0.2) is 23.7 Å². The predicted molar refractivity (Wildman–Crippen MR) is 67.3 cm³/mol. The van der Waals surface area contributed by atoms with Crippen molar-refractivity contribution in [3.63, 3.8) is 0 Å². The largest absolute Gasteiger partial charge is 0.396 e. The van der Waals surface area contributed by atoms with Gasteiger partial charge in [-0.15, -0.1) is 11.3 Å². The predicted octanol–water partition coefficient (Wildman–Crippen LogP) is 2.04. The lowest BCUT2D eigenvalue weighted by Crippen LogP contribution is -2.31. The Balaban J connectivity index is 2.30. The molecule has 1 amide bonds. The van der Waals surface area contributed by atoms with Gasteiger partial charge >= 0.3 is 0 Å². The number of thiophene rings is 1. The number of hydrogen-bond acceptors (Lipinski definition) is 3. The Morgan fingerprint density at radius 2 is 2.50 bits per heavy atom. The minimum atomic E-state index is -0.0844. The summed E-state index contributed by atoms with van der Waals surface area (Å²) in [5, 5.41) is 13.5. The smallest absolute Gasteiger partial charge is 0.244 e. The average molecular weight is 239 g/mol. The van der Waals surface area contributed by atoms with Gasteiger partial charge in [-0.05, 0) is 37.3 Å². The van der Waals surface area contributed by atoms with Crippen molar-refractivity contribution in [2.75, 3.05) is 6.61 Å². The van der Waals surface area contributed by atoms with Crippen molar-refractivity contribution < 1.29 is 9.90 Å². The zero-order valence-electron chi connectivity index (χ0n) is 9.35. The zero-order valence-corrected chi connectivity index (χ0v) is 10.2. The zero-order chi connectivity index (χ0) is 11.8. The van der Waals surface area contributed by atoms with Gasteiger partial charge in [0.05, 0.1) is 0 Å². The minimum Gasteiger partial charge on any atom is -0.396 e. The molecule has 0 saturated heterocycles. The maximum absolute atomic E-state index is 11.5. The van der Waals surface area contributed by atoms with Gasteiger partial charge < -0.3 is 10.4 Å². The number of carbonyl (C=O) groups is 1. The van der Waals surface area contributed by atoms with Crippen molar-refractivity contribution in [2.45, 2.75) is 25.8 Å². The molecular formula is C12H17NO2S. The van der Waals surface area contributed by atoms with Crippen LogP contribution in [0.4, 0.5) is 0 Å². The summed E-state index contributed by atoms with van der Waals surface area (Å²) in [7, 11) is 0. The highest BCUT2D eigenvalue weighted by molar-refractivity contribution is 7.10. The molecule has 0 bridgehead atoms. The van der Waals surface area contributed by atoms with Gasteiger partial charge in [0.15, 0.2) is 0 Å². The van der Waals surface area contributed by atoms with Gasteiger partial charge in [0.2, 0.25) is 5.91 Å². The first kappa shape index (κ1) is 12.9. The Labute approximate surface area is 99.8 Å². The number of rotatable bonds is 6. The van der Waals surface area contributed by atoms with E-state index in [9.17, 15) is 4.79 Å². The lowest BCUT2D eigenvalue weighted by molar-refractivity contribution is -0.117. The van der Waals surface area contributed by atoms with Crippen LogP contribution in [0.2, 0.25) is 0 Å². The van der Waals surface area contributed by atoms with Crippen molar-refractivity contribution in [3.8, 4) is 0 Å². The Bertz CT molecular complexity index is 333. The Morgan fingerprint density at radius 1 is 1.69 bits per heavy atom. The van der Waals surface area contributed by atoms with E-state index in [0.29, 0.717) is 0 Å². The molecule has 0 spiro atoms. The highest BCUT2D eigenvalue weighted by Crippen LogP contribution is 2.09. The molecule has 0 aliphatic rings. The molecule has 2 N–H and O–H groups in total. The van der Waals surface area contributed by atoms with E-state index in [1.165, 1.54) is 0 Å². The third-order valence-corrected chi connectivity index (χ3v) is 2.96. The molecule has 1 aromatic heterocycles. The fourth-order valence-electron chi connectivity index (χ4n) is 1.30. The average Bonchev–Trinajstić information content (AvgIpc) is 2.76. The maximum atomic E-state index is 11.5. The van der Waals surface area contributed by atoms with Crippen molar-refractivity contribution >= 4 is 23.3 Å². The lowest BCUT2D eigenvalue weighted by atomic mass is 10.2. The number of amides is 1. The van der Waals surface area contributed by atoms with Crippen LogP contribution in [0.25, 0.3) is 6.08 Å². The molecule has 1 rings (SSSR count). The van der Waals surface area contributed by atoms with Crippen LogP contribution in [0, 0.1) is 0 Å². The fraction of sp³-hybridized carbons (Fsp3) is 0.417. The summed E-state index contributed by atoms with van der Waals surface area (Å²) in [4.78, 5) is 12.5. The molecule has 1 heterocycles. The third-order valence-electron chi connectivity index (χ3n) is 2.13. The van der Waals surface area contributed by atoms with Gasteiger partial charge in [-0.1, -0.05) is 6.07 Å². The summed E-state index contributed by atoms with van der Waals surface area (Å²) in [6, 6.07) is 4.02. The molecule has 0 saturated carbocycles. The molecule has 1 atom stereocenters. The standard InChI is InChI=1S/C12H17NO2S/c1-10(4-2-8-14)13-12(15)7-6-11-5-3-9-16-11/h3,5-7,9-10,14H,2,4,8H2,1H3,(H,13,15)/b7-6+. The maximum Gasteiger partial charge on any atom is 0.244 e. The minimum absolute atomic E-state index is 0.0844. The van der Waals surface area contributed by atoms with Gasteiger partial charge in [0, 0.05) is 23.6 Å². The summed E-state index contributed by atoms with van der Waals surface area (Å²) in [6.45, 7) is 2.11. The quantitative estimate of drug-likeness (QED) is 0.746. The van der Waals surface area contributed by atoms with Crippen LogP contribution in [0.15, 0.2) is 23.6 Å². The molecule has 0 aliphatic carbocycles. The van der Waals surface area contributed by atoms with E-state index in [1.54, 1.807) is 23.5 Å². The highest BCUT2D eigenvalue weighted by atomic mass is 32.1. The lowest BCUT2D eigenvalue weighted by Gasteiger charge is -2.10. The summed E-state index contributed by atoms with van der Waals surface area (Å²) < 4.78 is 0. The van der Waals surface area contributed by atoms with Crippen LogP contribution < -0.4 is 5.32 Å². The van der Waals surface area contributed by atoms with Crippen LogP contribution in [0.1, 0.15) is 24.6 Å². The topological polar surface area (TPSA) is 49.3 Å². The summed E-state index contributed by atoms with van der Waals surface area (Å²) in [5.74, 6) is -0.0844. The Hall–Kier alpha value is -1.13. The van der Waals surface area contributed by atoms with E-state index in [2.05, 4.69) is 5.32 Å². The molecule has 0 aromatic carbocycles. The highest BCUT2D eigenvalue weighted by Gasteiger charge is 2.03. The van der Waals surface area contributed by atoms with Crippen molar-refractivity contribution in [1.82, 2.24) is 5.32 Å². The van der Waals surface area contributed by atoms with E-state index >= 15 is 0 Å². The van der Waals surface area contributed by atoms with Crippen LogP contribution in [0.3, 0.4) is 0 Å². The first-order valence-electron chi connectivity index (χ1n) is 5.35. The first-order chi connectivity index (χ1) is 7.72. The van der Waals surface area contributed by atoms with Gasteiger partial charge in [-0.3, -0.25) is 4.79 Å². The monoisotopic (exact) mass is 239 g/mol. The molecule has 0 fully saturated rings. The number of aliphatic hydroxyl groups excluding tert-OH is 1. The molecule has 0 radical (unpaired) electrons. The summed E-state index contributed by atoms with van der Waals surface area (Å²) in [5.41, 5.74) is 0. The number of carbonyl (C=O) groups excluding carboxylic acids is 1. The molecule has 4 heteroatoms. The van der Waals surface area contributed by atoms with Gasteiger partial charge in [-0.2, -0.15) is 0 Å². The van der Waals surface area contributed by atoms with E-state index in [0.717, 1.165) is 17.7 Å². The second-order valence-corrected chi connectivity index (χ2v) is 4.60. The SMILES string of the molecule is CC(CCCO)NC(=O)/C=C/c1cccs1. The summed E-state index contributed by atoms with van der Waals surface area (Å²) in [6.07, 6.45) is 4.87. The molecule has 16 heavy (non-hydrogen) atoms. The second kappa shape index (κ2) is 7.19. The summed E-state index contributed by atoms with van der Waals surface area (Å²) >= 11 is 1.60. The van der Waals surface area contributed by atoms with Crippen molar-refractivity contribution in [3.05, 3.63) is 28.5 Å². The van der Waals surface area contributed by atoms with E-state index in [1.807, 2.05) is 24.4 Å². The molecule has 1 aromatic rings.